The van der Waals surface area contributed by atoms with Gasteiger partial charge in [-0.05, 0) is 79.1 Å². The zero-order chi connectivity index (χ0) is 21.8. The summed E-state index contributed by atoms with van der Waals surface area (Å²) in [6.07, 6.45) is 9.13. The molecule has 0 radical (unpaired) electrons. The third-order valence-corrected chi connectivity index (χ3v) is 7.83. The van der Waals surface area contributed by atoms with Crippen molar-refractivity contribution in [2.75, 3.05) is 25.5 Å². The van der Waals surface area contributed by atoms with Crippen LogP contribution in [0.25, 0.3) is 6.08 Å². The van der Waals surface area contributed by atoms with Crippen molar-refractivity contribution >= 4 is 27.7 Å². The molecule has 7 heteroatoms. The summed E-state index contributed by atoms with van der Waals surface area (Å²) in [5.74, 6) is 0.0551. The fourth-order valence-electron chi connectivity index (χ4n) is 4.25. The van der Waals surface area contributed by atoms with Crippen LogP contribution < -0.4 is 10.1 Å². The minimum absolute atomic E-state index is 0.137. The van der Waals surface area contributed by atoms with Gasteiger partial charge in [0, 0.05) is 24.9 Å². The summed E-state index contributed by atoms with van der Waals surface area (Å²) in [4.78, 5) is 12.5. The van der Waals surface area contributed by atoms with Gasteiger partial charge < -0.3 is 10.1 Å². The van der Waals surface area contributed by atoms with Gasteiger partial charge in [-0.15, -0.1) is 0 Å². The Morgan fingerprint density at radius 1 is 1.00 bits per heavy atom. The van der Waals surface area contributed by atoms with Gasteiger partial charge in [-0.3, -0.25) is 4.79 Å². The second kappa shape index (κ2) is 9.24. The van der Waals surface area contributed by atoms with E-state index in [1.54, 1.807) is 24.3 Å². The van der Waals surface area contributed by atoms with E-state index >= 15 is 0 Å². The summed E-state index contributed by atoms with van der Waals surface area (Å²) in [6.45, 7) is 1.05. The molecule has 164 valence electrons. The highest BCUT2D eigenvalue weighted by atomic mass is 32.2. The molecule has 31 heavy (non-hydrogen) atoms. The number of hydrogen-bond acceptors (Lipinski definition) is 4. The third kappa shape index (κ3) is 4.83. The molecule has 1 amide bonds. The maximum absolute atomic E-state index is 13.1. The highest BCUT2D eigenvalue weighted by Gasteiger charge is 2.29. The van der Waals surface area contributed by atoms with Gasteiger partial charge in [0.25, 0.3) is 0 Å². The summed E-state index contributed by atoms with van der Waals surface area (Å²) in [5, 5.41) is 2.88. The van der Waals surface area contributed by atoms with Crippen LogP contribution in [-0.4, -0.2) is 38.8 Å². The minimum atomic E-state index is -3.65. The highest BCUT2D eigenvalue weighted by Crippen LogP contribution is 2.30. The number of aryl methyl sites for hydroxylation is 2. The Bertz CT molecular complexity index is 1100. The predicted molar refractivity (Wildman–Crippen MR) is 122 cm³/mol. The number of hydrogen-bond donors (Lipinski definition) is 1. The van der Waals surface area contributed by atoms with Crippen LogP contribution >= 0.6 is 0 Å². The highest BCUT2D eigenvalue weighted by molar-refractivity contribution is 7.89. The van der Waals surface area contributed by atoms with Gasteiger partial charge in [0.1, 0.15) is 10.6 Å². The van der Waals surface area contributed by atoms with E-state index in [1.165, 1.54) is 28.6 Å². The van der Waals surface area contributed by atoms with Gasteiger partial charge in [-0.25, -0.2) is 8.42 Å². The monoisotopic (exact) mass is 440 g/mol. The molecule has 1 N–H and O–H groups in total. The lowest BCUT2D eigenvalue weighted by atomic mass is 10.1. The molecule has 0 aromatic heterocycles. The Kier molecular flexibility index (Phi) is 6.43. The molecular formula is C24H28N2O4S. The molecule has 2 aromatic carbocycles. The van der Waals surface area contributed by atoms with E-state index in [4.69, 9.17) is 4.74 Å². The summed E-state index contributed by atoms with van der Waals surface area (Å²) in [7, 11) is -2.18. The first kappa shape index (κ1) is 21.6. The largest absolute Gasteiger partial charge is 0.495 e. The Labute approximate surface area is 184 Å². The number of anilines is 1. The first-order valence-electron chi connectivity index (χ1n) is 10.8. The van der Waals surface area contributed by atoms with Crippen molar-refractivity contribution in [3.8, 4) is 5.75 Å². The molecule has 6 nitrogen and oxygen atoms in total. The maximum atomic E-state index is 13.1. The fraction of sp³-hybridized carbons (Fsp3) is 0.375. The van der Waals surface area contributed by atoms with Crippen LogP contribution in [-0.2, 0) is 27.7 Å². The quantitative estimate of drug-likeness (QED) is 0.689. The molecule has 1 aliphatic heterocycles. The second-order valence-corrected chi connectivity index (χ2v) is 9.94. The average Bonchev–Trinajstić information content (AvgIpc) is 3.26. The number of amides is 1. The molecular weight excluding hydrogens is 412 g/mol. The van der Waals surface area contributed by atoms with Crippen LogP contribution in [0, 0.1) is 0 Å². The van der Waals surface area contributed by atoms with E-state index in [9.17, 15) is 13.2 Å². The minimum Gasteiger partial charge on any atom is -0.495 e. The summed E-state index contributed by atoms with van der Waals surface area (Å²) in [5.41, 5.74) is 4.05. The Balaban J connectivity index is 1.51. The van der Waals surface area contributed by atoms with Gasteiger partial charge in [0.15, 0.2) is 0 Å². The van der Waals surface area contributed by atoms with E-state index < -0.39 is 10.0 Å². The molecule has 0 unspecified atom stereocenters. The molecule has 0 atom stereocenters. The van der Waals surface area contributed by atoms with Crippen LogP contribution in [0.3, 0.4) is 0 Å². The zero-order valence-corrected chi connectivity index (χ0v) is 18.6. The molecule has 1 heterocycles. The van der Waals surface area contributed by atoms with Gasteiger partial charge in [-0.1, -0.05) is 18.6 Å². The van der Waals surface area contributed by atoms with Crippen LogP contribution in [0.2, 0.25) is 0 Å². The Hall–Kier alpha value is -2.64. The first-order valence-corrected chi connectivity index (χ1v) is 12.2. The van der Waals surface area contributed by atoms with Crippen molar-refractivity contribution in [2.45, 2.75) is 43.4 Å². The van der Waals surface area contributed by atoms with Crippen molar-refractivity contribution in [3.05, 3.63) is 59.2 Å². The van der Waals surface area contributed by atoms with Crippen molar-refractivity contribution in [3.63, 3.8) is 0 Å². The molecule has 0 spiro atoms. The Morgan fingerprint density at radius 2 is 1.77 bits per heavy atom. The number of rotatable bonds is 6. The number of benzene rings is 2. The summed E-state index contributed by atoms with van der Waals surface area (Å²) < 4.78 is 33.1. The summed E-state index contributed by atoms with van der Waals surface area (Å²) in [6, 6.07) is 11.0. The van der Waals surface area contributed by atoms with Crippen LogP contribution in [0.4, 0.5) is 5.69 Å². The zero-order valence-electron chi connectivity index (χ0n) is 17.8. The van der Waals surface area contributed by atoms with Crippen LogP contribution in [0.15, 0.2) is 47.4 Å². The first-order chi connectivity index (χ1) is 15.0. The second-order valence-electron chi connectivity index (χ2n) is 8.03. The van der Waals surface area contributed by atoms with Gasteiger partial charge >= 0.3 is 0 Å². The van der Waals surface area contributed by atoms with Crippen molar-refractivity contribution < 1.29 is 17.9 Å². The third-order valence-electron chi connectivity index (χ3n) is 5.91. The molecule has 0 saturated carbocycles. The topological polar surface area (TPSA) is 75.7 Å². The molecule has 1 aliphatic carbocycles. The van der Waals surface area contributed by atoms with Gasteiger partial charge in [0.2, 0.25) is 15.9 Å². The SMILES string of the molecule is COc1ccc(/C=C/C(=O)Nc2ccc3c(c2)CCC3)cc1S(=O)(=O)N1CCCCC1. The predicted octanol–water partition coefficient (Wildman–Crippen LogP) is 4.01. The van der Waals surface area contributed by atoms with E-state index in [0.29, 0.717) is 24.4 Å². The van der Waals surface area contributed by atoms with Crippen LogP contribution in [0.5, 0.6) is 5.75 Å². The van der Waals surface area contributed by atoms with Crippen molar-refractivity contribution in [1.29, 1.82) is 0 Å². The lowest BCUT2D eigenvalue weighted by Crippen LogP contribution is -2.35. The van der Waals surface area contributed by atoms with E-state index in [2.05, 4.69) is 11.4 Å². The normalized spacial score (nSPS) is 16.9. The van der Waals surface area contributed by atoms with Crippen molar-refractivity contribution in [2.24, 2.45) is 0 Å². The number of nitrogens with one attached hydrogen (secondary N) is 1. The summed E-state index contributed by atoms with van der Waals surface area (Å²) >= 11 is 0. The Morgan fingerprint density at radius 3 is 2.55 bits per heavy atom. The number of ether oxygens (including phenoxy) is 1. The maximum Gasteiger partial charge on any atom is 0.248 e. The number of fused-ring (bicyclic) bond motifs is 1. The molecule has 1 saturated heterocycles. The number of carbonyl (C=O) groups excluding carboxylic acids is 1. The number of carbonyl (C=O) groups is 1. The number of methoxy groups -OCH3 is 1. The fourth-order valence-corrected chi connectivity index (χ4v) is 5.96. The molecule has 1 fully saturated rings. The number of nitrogens with zero attached hydrogens (tertiary/aromatic N) is 1. The molecule has 2 aromatic rings. The average molecular weight is 441 g/mol. The smallest absolute Gasteiger partial charge is 0.248 e. The van der Waals surface area contributed by atoms with Crippen molar-refractivity contribution in [1.82, 2.24) is 4.31 Å². The number of piperidine rings is 1. The van der Waals surface area contributed by atoms with E-state index in [-0.39, 0.29) is 10.8 Å². The standard InChI is InChI=1S/C24H28N2O4S/c1-30-22-12-8-18(16-23(22)31(28,29)26-14-3-2-4-15-26)9-13-24(27)25-21-11-10-19-6-5-7-20(19)17-21/h8-13,16-17H,2-7,14-15H2,1H3,(H,25,27)/b13-9+. The lowest BCUT2D eigenvalue weighted by molar-refractivity contribution is -0.111. The van der Waals surface area contributed by atoms with Gasteiger partial charge in [0.05, 0.1) is 7.11 Å². The number of sulfonamides is 1. The molecule has 0 bridgehead atoms. The lowest BCUT2D eigenvalue weighted by Gasteiger charge is -2.26. The molecule has 2 aliphatic rings. The van der Waals surface area contributed by atoms with E-state index in [1.807, 2.05) is 12.1 Å². The van der Waals surface area contributed by atoms with Crippen LogP contribution in [0.1, 0.15) is 42.4 Å². The molecule has 4 rings (SSSR count). The van der Waals surface area contributed by atoms with Gasteiger partial charge in [-0.2, -0.15) is 4.31 Å². The van der Waals surface area contributed by atoms with E-state index in [0.717, 1.165) is 44.2 Å².